The summed E-state index contributed by atoms with van der Waals surface area (Å²) in [7, 11) is 0. The zero-order valence-electron chi connectivity index (χ0n) is 16.7. The van der Waals surface area contributed by atoms with Crippen LogP contribution < -0.4 is 0 Å². The van der Waals surface area contributed by atoms with Crippen LogP contribution in [0.1, 0.15) is 98.8 Å². The molecule has 2 aliphatic rings. The van der Waals surface area contributed by atoms with Crippen LogP contribution in [0.15, 0.2) is 48.5 Å². The van der Waals surface area contributed by atoms with E-state index >= 15 is 0 Å². The van der Waals surface area contributed by atoms with Gasteiger partial charge in [-0.05, 0) is 78.8 Å². The molecule has 0 unspecified atom stereocenters. The molecule has 2 aromatic carbocycles. The SMILES string of the molecule is CC1CCC(c2ccc(C#Cc3ccc(C4CCCCC4)cc3)cc2)CC1. The average molecular weight is 357 g/mol. The number of benzene rings is 2. The van der Waals surface area contributed by atoms with Gasteiger partial charge in [-0.15, -0.1) is 0 Å². The van der Waals surface area contributed by atoms with E-state index in [0.717, 1.165) is 28.9 Å². The Kier molecular flexibility index (Phi) is 5.98. The van der Waals surface area contributed by atoms with Crippen LogP contribution in [-0.4, -0.2) is 0 Å². The van der Waals surface area contributed by atoms with Gasteiger partial charge in [-0.3, -0.25) is 0 Å². The lowest BCUT2D eigenvalue weighted by atomic mass is 9.79. The Morgan fingerprint density at radius 1 is 0.556 bits per heavy atom. The Balaban J connectivity index is 1.38. The van der Waals surface area contributed by atoms with Gasteiger partial charge in [-0.25, -0.2) is 0 Å². The van der Waals surface area contributed by atoms with Gasteiger partial charge in [0.25, 0.3) is 0 Å². The minimum atomic E-state index is 0.760. The van der Waals surface area contributed by atoms with E-state index in [9.17, 15) is 0 Å². The molecular formula is C27H32. The van der Waals surface area contributed by atoms with Crippen LogP contribution in [0.2, 0.25) is 0 Å². The van der Waals surface area contributed by atoms with E-state index in [1.54, 1.807) is 0 Å². The molecule has 27 heavy (non-hydrogen) atoms. The van der Waals surface area contributed by atoms with Gasteiger partial charge in [0.2, 0.25) is 0 Å². The molecule has 2 aromatic rings. The van der Waals surface area contributed by atoms with Crippen molar-refractivity contribution in [1.82, 2.24) is 0 Å². The molecule has 0 aromatic heterocycles. The van der Waals surface area contributed by atoms with Crippen LogP contribution in [0.5, 0.6) is 0 Å². The average Bonchev–Trinajstić information content (AvgIpc) is 2.74. The predicted octanol–water partition coefficient (Wildman–Crippen LogP) is 7.43. The third kappa shape index (κ3) is 4.84. The van der Waals surface area contributed by atoms with E-state index < -0.39 is 0 Å². The Bertz CT molecular complexity index is 771. The zero-order chi connectivity index (χ0) is 18.5. The number of hydrogen-bond donors (Lipinski definition) is 0. The largest absolute Gasteiger partial charge is 0.0625 e. The summed E-state index contributed by atoms with van der Waals surface area (Å²) >= 11 is 0. The van der Waals surface area contributed by atoms with Gasteiger partial charge in [0, 0.05) is 11.1 Å². The second-order valence-electron chi connectivity index (χ2n) is 8.79. The van der Waals surface area contributed by atoms with Crippen LogP contribution >= 0.6 is 0 Å². The lowest BCUT2D eigenvalue weighted by molar-refractivity contribution is 0.348. The highest BCUT2D eigenvalue weighted by atomic mass is 14.2. The third-order valence-electron chi connectivity index (χ3n) is 6.74. The van der Waals surface area contributed by atoms with Gasteiger partial charge in [-0.1, -0.05) is 75.1 Å². The fraction of sp³-hybridized carbons (Fsp3) is 0.481. The number of hydrogen-bond acceptors (Lipinski definition) is 0. The molecular weight excluding hydrogens is 324 g/mol. The monoisotopic (exact) mass is 356 g/mol. The van der Waals surface area contributed by atoms with Crippen LogP contribution in [0.3, 0.4) is 0 Å². The van der Waals surface area contributed by atoms with E-state index in [0.29, 0.717) is 0 Å². The fourth-order valence-electron chi connectivity index (χ4n) is 4.85. The number of rotatable bonds is 2. The highest BCUT2D eigenvalue weighted by molar-refractivity contribution is 5.44. The van der Waals surface area contributed by atoms with Gasteiger partial charge in [0.1, 0.15) is 0 Å². The van der Waals surface area contributed by atoms with Gasteiger partial charge >= 0.3 is 0 Å². The second kappa shape index (κ2) is 8.79. The van der Waals surface area contributed by atoms with Crippen molar-refractivity contribution in [2.45, 2.75) is 76.5 Å². The van der Waals surface area contributed by atoms with Crippen molar-refractivity contribution < 1.29 is 0 Å². The quantitative estimate of drug-likeness (QED) is 0.491. The first kappa shape index (κ1) is 18.4. The first-order chi connectivity index (χ1) is 13.3. The van der Waals surface area contributed by atoms with Crippen molar-refractivity contribution in [1.29, 1.82) is 0 Å². The predicted molar refractivity (Wildman–Crippen MR) is 115 cm³/mol. The Hall–Kier alpha value is -2.00. The molecule has 0 N–H and O–H groups in total. The van der Waals surface area contributed by atoms with Gasteiger partial charge in [0.05, 0.1) is 0 Å². The van der Waals surface area contributed by atoms with Crippen molar-refractivity contribution in [3.8, 4) is 11.8 Å². The van der Waals surface area contributed by atoms with Crippen LogP contribution in [0.4, 0.5) is 0 Å². The molecule has 0 aliphatic heterocycles. The molecule has 2 saturated carbocycles. The molecule has 0 amide bonds. The van der Waals surface area contributed by atoms with Gasteiger partial charge < -0.3 is 0 Å². The maximum Gasteiger partial charge on any atom is 0.0249 e. The van der Waals surface area contributed by atoms with E-state index in [2.05, 4.69) is 67.3 Å². The van der Waals surface area contributed by atoms with Crippen molar-refractivity contribution in [2.75, 3.05) is 0 Å². The summed E-state index contributed by atoms with van der Waals surface area (Å²) < 4.78 is 0. The molecule has 0 heterocycles. The lowest BCUT2D eigenvalue weighted by Crippen LogP contribution is -2.10. The van der Waals surface area contributed by atoms with Crippen molar-refractivity contribution >= 4 is 0 Å². The van der Waals surface area contributed by atoms with Crippen LogP contribution in [0, 0.1) is 17.8 Å². The van der Waals surface area contributed by atoms with E-state index in [1.165, 1.54) is 68.9 Å². The summed E-state index contributed by atoms with van der Waals surface area (Å²) in [6.07, 6.45) is 12.4. The molecule has 140 valence electrons. The molecule has 4 rings (SSSR count). The standard InChI is InChI=1S/C27H32/c1-21-7-15-25(16-8-21)27-19-13-23(14-20-27)10-9-22-11-17-26(18-12-22)24-5-3-2-4-6-24/h11-14,17-21,24-25H,2-8,15-16H2,1H3. The Labute approximate surface area is 165 Å². The first-order valence-electron chi connectivity index (χ1n) is 11.0. The highest BCUT2D eigenvalue weighted by Gasteiger charge is 2.19. The smallest absolute Gasteiger partial charge is 0.0249 e. The van der Waals surface area contributed by atoms with Crippen LogP contribution in [-0.2, 0) is 0 Å². The summed E-state index contributed by atoms with van der Waals surface area (Å²) in [5.74, 6) is 9.14. The molecule has 0 saturated heterocycles. The van der Waals surface area contributed by atoms with Crippen molar-refractivity contribution in [3.63, 3.8) is 0 Å². The summed E-state index contributed by atoms with van der Waals surface area (Å²) in [6.45, 7) is 2.39. The van der Waals surface area contributed by atoms with Crippen molar-refractivity contribution in [2.24, 2.45) is 5.92 Å². The van der Waals surface area contributed by atoms with Gasteiger partial charge in [0.15, 0.2) is 0 Å². The molecule has 0 heteroatoms. The third-order valence-corrected chi connectivity index (χ3v) is 6.74. The maximum atomic E-state index is 3.35. The summed E-state index contributed by atoms with van der Waals surface area (Å²) in [4.78, 5) is 0. The molecule has 2 fully saturated rings. The van der Waals surface area contributed by atoms with Gasteiger partial charge in [-0.2, -0.15) is 0 Å². The summed E-state index contributed by atoms with van der Waals surface area (Å²) in [5.41, 5.74) is 5.26. The molecule has 2 aliphatic carbocycles. The second-order valence-corrected chi connectivity index (χ2v) is 8.79. The summed E-state index contributed by atoms with van der Waals surface area (Å²) in [6, 6.07) is 18.0. The topological polar surface area (TPSA) is 0 Å². The Morgan fingerprint density at radius 2 is 1.00 bits per heavy atom. The minimum Gasteiger partial charge on any atom is -0.0625 e. The van der Waals surface area contributed by atoms with Crippen LogP contribution in [0.25, 0.3) is 0 Å². The zero-order valence-corrected chi connectivity index (χ0v) is 16.7. The molecule has 0 atom stereocenters. The molecule has 0 nitrogen and oxygen atoms in total. The summed E-state index contributed by atoms with van der Waals surface area (Å²) in [5, 5.41) is 0. The first-order valence-corrected chi connectivity index (χ1v) is 11.0. The molecule has 0 radical (unpaired) electrons. The minimum absolute atomic E-state index is 0.760. The van der Waals surface area contributed by atoms with Crippen molar-refractivity contribution in [3.05, 3.63) is 70.8 Å². The van der Waals surface area contributed by atoms with E-state index in [-0.39, 0.29) is 0 Å². The van der Waals surface area contributed by atoms with E-state index in [1.807, 2.05) is 0 Å². The van der Waals surface area contributed by atoms with E-state index in [4.69, 9.17) is 0 Å². The fourth-order valence-corrected chi connectivity index (χ4v) is 4.85. The molecule has 0 spiro atoms. The highest BCUT2D eigenvalue weighted by Crippen LogP contribution is 2.35. The Morgan fingerprint density at radius 3 is 1.48 bits per heavy atom. The normalized spacial score (nSPS) is 23.4. The maximum absolute atomic E-state index is 3.35. The molecule has 0 bridgehead atoms. The lowest BCUT2D eigenvalue weighted by Gasteiger charge is -2.26.